The molecule has 1 amide bonds. The summed E-state index contributed by atoms with van der Waals surface area (Å²) in [6, 6.07) is 7.01. The van der Waals surface area contributed by atoms with Gasteiger partial charge in [0.25, 0.3) is 0 Å². The minimum atomic E-state index is -3.29. The van der Waals surface area contributed by atoms with Crippen molar-refractivity contribution in [2.24, 2.45) is 5.92 Å². The van der Waals surface area contributed by atoms with Crippen LogP contribution in [0.5, 0.6) is 0 Å². The Morgan fingerprint density at radius 2 is 2.12 bits per heavy atom. The van der Waals surface area contributed by atoms with Gasteiger partial charge in [0.2, 0.25) is 27.6 Å². The second kappa shape index (κ2) is 7.73. The van der Waals surface area contributed by atoms with Crippen LogP contribution in [0.15, 0.2) is 28.8 Å². The second-order valence-electron chi connectivity index (χ2n) is 6.20. The summed E-state index contributed by atoms with van der Waals surface area (Å²) in [6.45, 7) is 0.746. The summed E-state index contributed by atoms with van der Waals surface area (Å²) in [5.41, 5.74) is 0.756. The molecule has 0 radical (unpaired) electrons. The minimum Gasteiger partial charge on any atom is -0.347 e. The van der Waals surface area contributed by atoms with E-state index in [9.17, 15) is 13.2 Å². The third-order valence-electron chi connectivity index (χ3n) is 4.21. The van der Waals surface area contributed by atoms with Gasteiger partial charge in [0.1, 0.15) is 0 Å². The van der Waals surface area contributed by atoms with Gasteiger partial charge in [0.15, 0.2) is 0 Å². The zero-order valence-electron chi connectivity index (χ0n) is 14.2. The highest BCUT2D eigenvalue weighted by atomic mass is 35.5. The minimum absolute atomic E-state index is 0.0921. The lowest BCUT2D eigenvalue weighted by molar-refractivity contribution is -0.126. The van der Waals surface area contributed by atoms with Gasteiger partial charge in [-0.15, -0.1) is 0 Å². The first-order valence-electron chi connectivity index (χ1n) is 8.14. The van der Waals surface area contributed by atoms with Gasteiger partial charge >= 0.3 is 0 Å². The van der Waals surface area contributed by atoms with Crippen LogP contribution in [0.1, 0.15) is 18.7 Å². The summed E-state index contributed by atoms with van der Waals surface area (Å²) in [4.78, 5) is 16.6. The van der Waals surface area contributed by atoms with Crippen LogP contribution in [0.25, 0.3) is 11.4 Å². The van der Waals surface area contributed by atoms with Crippen molar-refractivity contribution in [3.63, 3.8) is 0 Å². The third-order valence-corrected chi connectivity index (χ3v) is 5.73. The molecule has 1 aliphatic rings. The molecule has 2 heterocycles. The fourth-order valence-electron chi connectivity index (χ4n) is 2.81. The van der Waals surface area contributed by atoms with Crippen LogP contribution in [-0.4, -0.2) is 48.1 Å². The van der Waals surface area contributed by atoms with E-state index in [4.69, 9.17) is 16.1 Å². The summed E-state index contributed by atoms with van der Waals surface area (Å²) in [7, 11) is -3.29. The van der Waals surface area contributed by atoms with Crippen molar-refractivity contribution >= 4 is 27.5 Å². The van der Waals surface area contributed by atoms with Crippen molar-refractivity contribution in [3.05, 3.63) is 35.2 Å². The number of carbonyl (C=O) groups excluding carboxylic acids is 1. The third kappa shape index (κ3) is 4.60. The molecule has 1 aromatic carbocycles. The molecule has 1 aromatic heterocycles. The molecule has 1 atom stereocenters. The number of carbonyl (C=O) groups is 1. The number of rotatable bonds is 5. The van der Waals surface area contributed by atoms with E-state index in [-0.39, 0.29) is 30.8 Å². The lowest BCUT2D eigenvalue weighted by Crippen LogP contribution is -2.44. The number of halogens is 1. The smallest absolute Gasteiger partial charge is 0.246 e. The Morgan fingerprint density at radius 1 is 1.38 bits per heavy atom. The van der Waals surface area contributed by atoms with Gasteiger partial charge in [0, 0.05) is 23.7 Å². The molecule has 1 N–H and O–H groups in total. The average molecular weight is 399 g/mol. The van der Waals surface area contributed by atoms with Crippen LogP contribution >= 0.6 is 11.6 Å². The number of nitrogens with zero attached hydrogens (tertiary/aromatic N) is 3. The van der Waals surface area contributed by atoms with Crippen molar-refractivity contribution < 1.29 is 17.7 Å². The first-order chi connectivity index (χ1) is 12.3. The summed E-state index contributed by atoms with van der Waals surface area (Å²) in [5, 5.41) is 7.23. The second-order valence-corrected chi connectivity index (χ2v) is 8.62. The van der Waals surface area contributed by atoms with Crippen molar-refractivity contribution in [2.75, 3.05) is 19.3 Å². The van der Waals surface area contributed by atoms with Gasteiger partial charge in [-0.1, -0.05) is 16.8 Å². The lowest BCUT2D eigenvalue weighted by atomic mass is 9.99. The Hall–Kier alpha value is -1.97. The number of hydrogen-bond donors (Lipinski definition) is 1. The van der Waals surface area contributed by atoms with E-state index in [1.165, 1.54) is 4.31 Å². The number of piperidine rings is 1. The highest BCUT2D eigenvalue weighted by molar-refractivity contribution is 7.88. The molecule has 3 rings (SSSR count). The molecule has 1 unspecified atom stereocenters. The number of sulfonamides is 1. The Labute approximate surface area is 156 Å². The van der Waals surface area contributed by atoms with Gasteiger partial charge in [-0.3, -0.25) is 4.79 Å². The number of hydrogen-bond acceptors (Lipinski definition) is 6. The molecule has 0 saturated carbocycles. The molecule has 2 aromatic rings. The van der Waals surface area contributed by atoms with E-state index >= 15 is 0 Å². The van der Waals surface area contributed by atoms with Crippen molar-refractivity contribution in [1.82, 2.24) is 19.8 Å². The van der Waals surface area contributed by atoms with Crippen LogP contribution in [0.2, 0.25) is 5.02 Å². The first-order valence-corrected chi connectivity index (χ1v) is 10.4. The summed E-state index contributed by atoms with van der Waals surface area (Å²) in [5.74, 6) is 0.0904. The molecule has 1 aliphatic heterocycles. The SMILES string of the molecule is CS(=O)(=O)N1CCCC(C(=O)NCc2nc(-c3ccc(Cl)cc3)no2)C1. The van der Waals surface area contributed by atoms with Crippen molar-refractivity contribution in [1.29, 1.82) is 0 Å². The predicted octanol–water partition coefficient (Wildman–Crippen LogP) is 1.68. The monoisotopic (exact) mass is 398 g/mol. The molecular formula is C16H19ClN4O4S. The quantitative estimate of drug-likeness (QED) is 0.821. The van der Waals surface area contributed by atoms with E-state index < -0.39 is 10.0 Å². The average Bonchev–Trinajstić information content (AvgIpc) is 3.08. The van der Waals surface area contributed by atoms with Gasteiger partial charge in [-0.2, -0.15) is 4.98 Å². The first kappa shape index (κ1) is 18.8. The van der Waals surface area contributed by atoms with Crippen LogP contribution in [0.3, 0.4) is 0 Å². The normalized spacial score (nSPS) is 18.6. The zero-order valence-corrected chi connectivity index (χ0v) is 15.8. The molecule has 10 heteroatoms. The molecule has 8 nitrogen and oxygen atoms in total. The maximum Gasteiger partial charge on any atom is 0.246 e. The predicted molar refractivity (Wildman–Crippen MR) is 95.7 cm³/mol. The molecule has 1 saturated heterocycles. The Morgan fingerprint density at radius 3 is 2.81 bits per heavy atom. The molecule has 140 valence electrons. The molecule has 0 bridgehead atoms. The molecule has 0 aliphatic carbocycles. The van der Waals surface area contributed by atoms with Crippen LogP contribution in [-0.2, 0) is 21.4 Å². The molecule has 0 spiro atoms. The summed E-state index contributed by atoms with van der Waals surface area (Å²) < 4.78 is 29.8. The lowest BCUT2D eigenvalue weighted by Gasteiger charge is -2.29. The largest absolute Gasteiger partial charge is 0.347 e. The fourth-order valence-corrected chi connectivity index (χ4v) is 3.85. The Kier molecular flexibility index (Phi) is 5.59. The van der Waals surface area contributed by atoms with Gasteiger partial charge in [-0.25, -0.2) is 12.7 Å². The molecule has 26 heavy (non-hydrogen) atoms. The fraction of sp³-hybridized carbons (Fsp3) is 0.438. The number of amides is 1. The number of nitrogens with one attached hydrogen (secondary N) is 1. The zero-order chi connectivity index (χ0) is 18.7. The van der Waals surface area contributed by atoms with Crippen LogP contribution in [0, 0.1) is 5.92 Å². The number of aromatic nitrogens is 2. The molecular weight excluding hydrogens is 380 g/mol. The van der Waals surface area contributed by atoms with Gasteiger partial charge in [0.05, 0.1) is 18.7 Å². The van der Waals surface area contributed by atoms with E-state index in [1.807, 2.05) is 0 Å². The van der Waals surface area contributed by atoms with Gasteiger partial charge in [-0.05, 0) is 37.1 Å². The standard InChI is InChI=1S/C16H19ClN4O4S/c1-26(23,24)21-8-2-3-12(10-21)16(22)18-9-14-19-15(20-25-14)11-4-6-13(17)7-5-11/h4-7,12H,2-3,8-10H2,1H3,(H,18,22). The topological polar surface area (TPSA) is 105 Å². The van der Waals surface area contributed by atoms with E-state index in [0.29, 0.717) is 30.2 Å². The van der Waals surface area contributed by atoms with Crippen molar-refractivity contribution in [2.45, 2.75) is 19.4 Å². The van der Waals surface area contributed by atoms with E-state index in [1.54, 1.807) is 24.3 Å². The highest BCUT2D eigenvalue weighted by Crippen LogP contribution is 2.20. The summed E-state index contributed by atoms with van der Waals surface area (Å²) >= 11 is 5.85. The summed E-state index contributed by atoms with van der Waals surface area (Å²) in [6.07, 6.45) is 2.47. The van der Waals surface area contributed by atoms with E-state index in [2.05, 4.69) is 15.5 Å². The number of benzene rings is 1. The molecule has 1 fully saturated rings. The van der Waals surface area contributed by atoms with Crippen LogP contribution in [0.4, 0.5) is 0 Å². The van der Waals surface area contributed by atoms with Crippen LogP contribution < -0.4 is 5.32 Å². The van der Waals surface area contributed by atoms with E-state index in [0.717, 1.165) is 11.8 Å². The Balaban J connectivity index is 1.57. The van der Waals surface area contributed by atoms with Gasteiger partial charge < -0.3 is 9.84 Å². The maximum absolute atomic E-state index is 12.3. The highest BCUT2D eigenvalue weighted by Gasteiger charge is 2.30. The van der Waals surface area contributed by atoms with Crippen molar-refractivity contribution in [3.8, 4) is 11.4 Å². The maximum atomic E-state index is 12.3. The Bertz CT molecular complexity index is 882.